The fourth-order valence-corrected chi connectivity index (χ4v) is 11.3. The number of morpholine rings is 1. The Morgan fingerprint density at radius 1 is 0.865 bits per heavy atom. The maximum Gasteiger partial charge on any atom is 0.318 e. The minimum absolute atomic E-state index is 0.00692. The monoisotopic (exact) mass is 724 g/mol. The standard InChI is InChI=1S/C41H64N4O7/c1-38(2,3)29(23-32(47)33(27-13-7-6-8-14-27)43-37(51)44-17-19-52-20-18-44)36(50)45-25-41(39(4,5)40(41)15-10-16-40)24-30(45)31(46)22-28(34(48)35(42)49)21-26-11-9-12-26/h26-30,33H,6-25H2,1-5H3,(H2,42,49)(H,43,51)/t28?,29-,30+,33+,41-/m1/s1. The van der Waals surface area contributed by atoms with Crippen LogP contribution < -0.4 is 11.1 Å². The van der Waals surface area contributed by atoms with Crippen LogP contribution in [0.15, 0.2) is 0 Å². The predicted octanol–water partition coefficient (Wildman–Crippen LogP) is 5.22. The van der Waals surface area contributed by atoms with Crippen molar-refractivity contribution in [1.29, 1.82) is 0 Å². The van der Waals surface area contributed by atoms with Crippen LogP contribution in [0.2, 0.25) is 0 Å². The maximum atomic E-state index is 15.1. The fraction of sp³-hybridized carbons (Fsp3) is 0.854. The molecule has 4 aliphatic carbocycles. The van der Waals surface area contributed by atoms with E-state index in [0.29, 0.717) is 51.6 Å². The molecule has 2 spiro atoms. The highest BCUT2D eigenvalue weighted by Gasteiger charge is 2.85. The van der Waals surface area contributed by atoms with Gasteiger partial charge in [-0.3, -0.25) is 24.0 Å². The first kappa shape index (κ1) is 38.9. The summed E-state index contributed by atoms with van der Waals surface area (Å²) in [5.74, 6) is -3.41. The molecule has 2 aliphatic heterocycles. The lowest BCUT2D eigenvalue weighted by Crippen LogP contribution is -2.55. The summed E-state index contributed by atoms with van der Waals surface area (Å²) in [6.45, 7) is 12.8. The molecular weight excluding hydrogens is 660 g/mol. The van der Waals surface area contributed by atoms with Crippen LogP contribution in [0.3, 0.4) is 0 Å². The quantitative estimate of drug-likeness (QED) is 0.247. The SMILES string of the molecule is CC(C)(C)[C@H](CC(=O)[C@@H](NC(=O)N1CCOCC1)C1CCCCC1)C(=O)N1C[C@]2(C[C@H]1C(=O)CC(CC1CCC1)C(=O)C(N)=O)C(C)(C)C21CCC1. The maximum absolute atomic E-state index is 15.1. The molecule has 2 heterocycles. The first-order valence-electron chi connectivity index (χ1n) is 20.4. The van der Waals surface area contributed by atoms with Crippen molar-refractivity contribution < 1.29 is 33.5 Å². The molecular formula is C41H64N4O7. The minimum Gasteiger partial charge on any atom is -0.378 e. The molecule has 6 rings (SSSR count). The average Bonchev–Trinajstić information content (AvgIpc) is 3.28. The molecule has 1 unspecified atom stereocenters. The molecule has 3 N–H and O–H groups in total. The smallest absolute Gasteiger partial charge is 0.318 e. The highest BCUT2D eigenvalue weighted by molar-refractivity contribution is 6.36. The number of likely N-dealkylation sites (tertiary alicyclic amines) is 1. The number of carbonyl (C=O) groups excluding carboxylic acids is 6. The lowest BCUT2D eigenvalue weighted by molar-refractivity contribution is -0.147. The number of hydrogen-bond acceptors (Lipinski definition) is 7. The first-order valence-corrected chi connectivity index (χ1v) is 20.4. The number of ketones is 3. The molecule has 0 aromatic carbocycles. The van der Waals surface area contributed by atoms with Crippen LogP contribution in [-0.4, -0.2) is 89.9 Å². The summed E-state index contributed by atoms with van der Waals surface area (Å²) in [6, 6.07) is -1.68. The highest BCUT2D eigenvalue weighted by atomic mass is 16.5. The van der Waals surface area contributed by atoms with E-state index in [1.807, 2.05) is 20.8 Å². The van der Waals surface area contributed by atoms with E-state index in [1.165, 1.54) is 0 Å². The second kappa shape index (κ2) is 14.8. The molecule has 0 radical (unpaired) electrons. The normalized spacial score (nSPS) is 28.8. The van der Waals surface area contributed by atoms with Crippen molar-refractivity contribution in [3.05, 3.63) is 0 Å². The Labute approximate surface area is 310 Å². The average molecular weight is 725 g/mol. The molecule has 0 aromatic heterocycles. The summed E-state index contributed by atoms with van der Waals surface area (Å²) in [5, 5.41) is 3.11. The number of carbonyl (C=O) groups is 6. The lowest BCUT2D eigenvalue weighted by Gasteiger charge is -2.38. The van der Waals surface area contributed by atoms with Crippen LogP contribution in [0.1, 0.15) is 131 Å². The molecule has 4 amide bonds. The number of hydrogen-bond donors (Lipinski definition) is 2. The second-order valence-electron chi connectivity index (χ2n) is 19.0. The Hall–Kier alpha value is -2.82. The number of primary amides is 1. The van der Waals surface area contributed by atoms with Gasteiger partial charge < -0.3 is 25.6 Å². The molecule has 290 valence electrons. The zero-order chi connectivity index (χ0) is 37.6. The van der Waals surface area contributed by atoms with Gasteiger partial charge in [-0.1, -0.05) is 79.6 Å². The highest BCUT2D eigenvalue weighted by Crippen LogP contribution is 2.88. The van der Waals surface area contributed by atoms with E-state index in [1.54, 1.807) is 9.80 Å². The van der Waals surface area contributed by atoms with Gasteiger partial charge in [-0.25, -0.2) is 4.79 Å². The molecule has 0 bridgehead atoms. The summed E-state index contributed by atoms with van der Waals surface area (Å²) in [7, 11) is 0. The number of ether oxygens (including phenoxy) is 1. The van der Waals surface area contributed by atoms with Gasteiger partial charge in [0.1, 0.15) is 0 Å². The van der Waals surface area contributed by atoms with E-state index < -0.39 is 41.0 Å². The zero-order valence-corrected chi connectivity index (χ0v) is 32.4. The van der Waals surface area contributed by atoms with Crippen molar-refractivity contribution in [3.63, 3.8) is 0 Å². The zero-order valence-electron chi connectivity index (χ0n) is 32.4. The number of rotatable bonds is 13. The van der Waals surface area contributed by atoms with Crippen LogP contribution in [0.25, 0.3) is 0 Å². The molecule has 6 fully saturated rings. The molecule has 5 atom stereocenters. The summed E-state index contributed by atoms with van der Waals surface area (Å²) in [4.78, 5) is 86.1. The van der Waals surface area contributed by atoms with Crippen molar-refractivity contribution in [3.8, 4) is 0 Å². The van der Waals surface area contributed by atoms with Gasteiger partial charge >= 0.3 is 6.03 Å². The van der Waals surface area contributed by atoms with Crippen LogP contribution in [0, 0.1) is 45.3 Å². The summed E-state index contributed by atoms with van der Waals surface area (Å²) in [6.07, 6.45) is 12.0. The van der Waals surface area contributed by atoms with Crippen LogP contribution in [-0.2, 0) is 28.7 Å². The number of Topliss-reactive ketones (excluding diaryl/α,β-unsaturated/α-hetero) is 3. The van der Waals surface area contributed by atoms with Crippen LogP contribution in [0.4, 0.5) is 4.79 Å². The third kappa shape index (κ3) is 6.97. The molecule has 11 nitrogen and oxygen atoms in total. The summed E-state index contributed by atoms with van der Waals surface area (Å²) < 4.78 is 5.44. The Kier molecular flexibility index (Phi) is 11.1. The van der Waals surface area contributed by atoms with Gasteiger partial charge in [0.15, 0.2) is 11.6 Å². The summed E-state index contributed by atoms with van der Waals surface area (Å²) in [5.41, 5.74) is 4.68. The first-order chi connectivity index (χ1) is 24.5. The number of nitrogens with zero attached hydrogens (tertiary/aromatic N) is 2. The molecule has 0 aromatic rings. The number of amides is 4. The molecule has 6 aliphatic rings. The van der Waals surface area contributed by atoms with Gasteiger partial charge in [-0.2, -0.15) is 0 Å². The second-order valence-corrected chi connectivity index (χ2v) is 19.0. The minimum atomic E-state index is -1.01. The number of nitrogens with two attached hydrogens (primary N) is 1. The topological polar surface area (TPSA) is 156 Å². The molecule has 11 heteroatoms. The Morgan fingerprint density at radius 2 is 1.52 bits per heavy atom. The lowest BCUT2D eigenvalue weighted by atomic mass is 9.73. The third-order valence-corrected chi connectivity index (χ3v) is 15.2. The number of fused-ring (bicyclic) bond motifs is 1. The van der Waals surface area contributed by atoms with E-state index in [4.69, 9.17) is 10.5 Å². The van der Waals surface area contributed by atoms with E-state index in [-0.39, 0.29) is 58.5 Å². The van der Waals surface area contributed by atoms with Crippen LogP contribution >= 0.6 is 0 Å². The number of urea groups is 1. The van der Waals surface area contributed by atoms with Gasteiger partial charge in [-0.15, -0.1) is 0 Å². The Morgan fingerprint density at radius 3 is 2.04 bits per heavy atom. The molecule has 52 heavy (non-hydrogen) atoms. The molecule has 2 saturated heterocycles. The third-order valence-electron chi connectivity index (χ3n) is 15.2. The molecule has 4 saturated carbocycles. The van der Waals surface area contributed by atoms with Crippen LogP contribution in [0.5, 0.6) is 0 Å². The predicted molar refractivity (Wildman–Crippen MR) is 196 cm³/mol. The van der Waals surface area contributed by atoms with Gasteiger partial charge in [0.25, 0.3) is 5.91 Å². The van der Waals surface area contributed by atoms with Crippen molar-refractivity contribution in [2.45, 2.75) is 143 Å². The van der Waals surface area contributed by atoms with Gasteiger partial charge in [0, 0.05) is 49.7 Å². The van der Waals surface area contributed by atoms with Gasteiger partial charge in [-0.05, 0) is 66.6 Å². The van der Waals surface area contributed by atoms with Gasteiger partial charge in [0.2, 0.25) is 11.7 Å². The van der Waals surface area contributed by atoms with E-state index in [2.05, 4.69) is 19.2 Å². The Bertz CT molecular complexity index is 1420. The van der Waals surface area contributed by atoms with E-state index in [9.17, 15) is 24.0 Å². The van der Waals surface area contributed by atoms with Crippen molar-refractivity contribution >= 4 is 35.2 Å². The van der Waals surface area contributed by atoms with E-state index in [0.717, 1.165) is 70.6 Å². The fourth-order valence-electron chi connectivity index (χ4n) is 11.3. The Balaban J connectivity index is 1.26. The van der Waals surface area contributed by atoms with Gasteiger partial charge in [0.05, 0.1) is 25.3 Å². The van der Waals surface area contributed by atoms with Crippen molar-refractivity contribution in [1.82, 2.24) is 15.1 Å². The van der Waals surface area contributed by atoms with E-state index >= 15 is 4.79 Å². The summed E-state index contributed by atoms with van der Waals surface area (Å²) >= 11 is 0. The van der Waals surface area contributed by atoms with Crippen molar-refractivity contribution in [2.75, 3.05) is 32.8 Å². The largest absolute Gasteiger partial charge is 0.378 e. The van der Waals surface area contributed by atoms with Crippen molar-refractivity contribution in [2.24, 2.45) is 51.1 Å². The number of nitrogens with one attached hydrogen (secondary N) is 1.